The van der Waals surface area contributed by atoms with Crippen molar-refractivity contribution in [2.75, 3.05) is 14.2 Å². The zero-order valence-corrected chi connectivity index (χ0v) is 16.4. The molecule has 2 unspecified atom stereocenters. The molecule has 5 nitrogen and oxygen atoms in total. The summed E-state index contributed by atoms with van der Waals surface area (Å²) in [5, 5.41) is 18.0. The van der Waals surface area contributed by atoms with Crippen LogP contribution >= 0.6 is 0 Å². The molecule has 0 aliphatic carbocycles. The van der Waals surface area contributed by atoms with E-state index in [4.69, 9.17) is 24.4 Å². The Morgan fingerprint density at radius 3 is 2.10 bits per heavy atom. The maximum atomic E-state index is 12.5. The molecular weight excluding hydrogens is 434 g/mol. The third kappa shape index (κ3) is 6.02. The molecule has 3 rings (SSSR count). The topological polar surface area (TPSA) is 68.2 Å². The SMILES string of the molecule is COc1ccc(C(O)C(F)(F)F)c(CO)c1.COc1ccc2c(c1)COC2C(F)(F)F. The van der Waals surface area contributed by atoms with E-state index in [2.05, 4.69) is 0 Å². The third-order valence-corrected chi connectivity index (χ3v) is 4.46. The molecule has 172 valence electrons. The minimum Gasteiger partial charge on any atom is -0.497 e. The molecule has 2 aromatic rings. The Morgan fingerprint density at radius 2 is 1.58 bits per heavy atom. The minimum absolute atomic E-state index is 0.0100. The Morgan fingerprint density at radius 1 is 1.00 bits per heavy atom. The molecule has 31 heavy (non-hydrogen) atoms. The van der Waals surface area contributed by atoms with Crippen molar-refractivity contribution in [2.45, 2.75) is 37.8 Å². The van der Waals surface area contributed by atoms with Gasteiger partial charge in [-0.05, 0) is 46.5 Å². The van der Waals surface area contributed by atoms with Gasteiger partial charge in [-0.2, -0.15) is 26.3 Å². The highest BCUT2D eigenvalue weighted by Crippen LogP contribution is 2.43. The Labute approximate surface area is 173 Å². The van der Waals surface area contributed by atoms with Crippen molar-refractivity contribution in [1.82, 2.24) is 0 Å². The smallest absolute Gasteiger partial charge is 0.418 e. The number of aliphatic hydroxyl groups excluding tert-OH is 2. The number of aliphatic hydroxyl groups is 2. The van der Waals surface area contributed by atoms with Gasteiger partial charge < -0.3 is 24.4 Å². The van der Waals surface area contributed by atoms with E-state index in [1.54, 1.807) is 6.07 Å². The predicted molar refractivity (Wildman–Crippen MR) is 96.5 cm³/mol. The number of methoxy groups -OCH3 is 2. The Balaban J connectivity index is 0.000000220. The van der Waals surface area contributed by atoms with Crippen LogP contribution < -0.4 is 9.47 Å². The van der Waals surface area contributed by atoms with Crippen molar-refractivity contribution in [3.05, 3.63) is 58.7 Å². The second-order valence-corrected chi connectivity index (χ2v) is 6.46. The van der Waals surface area contributed by atoms with Crippen LogP contribution in [0.25, 0.3) is 0 Å². The molecule has 0 spiro atoms. The van der Waals surface area contributed by atoms with Gasteiger partial charge in [0.15, 0.2) is 12.2 Å². The van der Waals surface area contributed by atoms with E-state index in [1.807, 2.05) is 0 Å². The fraction of sp³-hybridized carbons (Fsp3) is 0.400. The summed E-state index contributed by atoms with van der Waals surface area (Å²) < 4.78 is 88.6. The standard InChI is InChI=1S/C10H11F3O3.C10H9F3O2/c1-16-7-2-3-8(6(4-7)5-14)9(15)10(11,12)13;1-14-7-2-3-8-6(4-7)5-15-9(8)10(11,12)13/h2-4,9,14-15H,5H2,1H3;2-4,9H,5H2,1H3. The lowest BCUT2D eigenvalue weighted by atomic mass is 10.0. The molecule has 2 atom stereocenters. The number of hydrogen-bond acceptors (Lipinski definition) is 5. The number of alkyl halides is 6. The summed E-state index contributed by atoms with van der Waals surface area (Å²) in [6.07, 6.45) is -13.5. The van der Waals surface area contributed by atoms with Crippen LogP contribution in [0.15, 0.2) is 36.4 Å². The third-order valence-electron chi connectivity index (χ3n) is 4.46. The van der Waals surface area contributed by atoms with Crippen molar-refractivity contribution in [1.29, 1.82) is 0 Å². The number of rotatable bonds is 4. The first kappa shape index (κ1) is 24.8. The summed E-state index contributed by atoms with van der Waals surface area (Å²) in [6, 6.07) is 8.11. The average Bonchev–Trinajstić information content (AvgIpc) is 3.16. The molecule has 0 radical (unpaired) electrons. The van der Waals surface area contributed by atoms with Crippen LogP contribution in [-0.4, -0.2) is 36.8 Å². The van der Waals surface area contributed by atoms with Gasteiger partial charge in [-0.25, -0.2) is 0 Å². The van der Waals surface area contributed by atoms with Gasteiger partial charge in [0.25, 0.3) is 0 Å². The van der Waals surface area contributed by atoms with Crippen LogP contribution in [0, 0.1) is 0 Å². The van der Waals surface area contributed by atoms with Crippen LogP contribution in [0.1, 0.15) is 34.5 Å². The highest BCUT2D eigenvalue weighted by atomic mass is 19.4. The van der Waals surface area contributed by atoms with Gasteiger partial charge in [0, 0.05) is 0 Å². The molecule has 0 bridgehead atoms. The zero-order chi connectivity index (χ0) is 23.4. The highest BCUT2D eigenvalue weighted by molar-refractivity contribution is 5.39. The highest BCUT2D eigenvalue weighted by Gasteiger charge is 2.45. The Kier molecular flexibility index (Phi) is 7.79. The summed E-state index contributed by atoms with van der Waals surface area (Å²) in [4.78, 5) is 0. The minimum atomic E-state index is -4.75. The van der Waals surface area contributed by atoms with Crippen LogP contribution in [-0.2, 0) is 18.0 Å². The fourth-order valence-corrected chi connectivity index (χ4v) is 2.91. The second kappa shape index (κ2) is 9.75. The van der Waals surface area contributed by atoms with Crippen LogP contribution in [0.2, 0.25) is 0 Å². The fourth-order valence-electron chi connectivity index (χ4n) is 2.91. The molecule has 2 aromatic carbocycles. The van der Waals surface area contributed by atoms with Crippen molar-refractivity contribution < 1.29 is 50.8 Å². The summed E-state index contributed by atoms with van der Waals surface area (Å²) >= 11 is 0. The quantitative estimate of drug-likeness (QED) is 0.661. The number of fused-ring (bicyclic) bond motifs is 1. The van der Waals surface area contributed by atoms with Gasteiger partial charge in [0.1, 0.15) is 11.5 Å². The molecule has 0 fully saturated rings. The largest absolute Gasteiger partial charge is 0.497 e. The van der Waals surface area contributed by atoms with Crippen LogP contribution in [0.5, 0.6) is 11.5 Å². The van der Waals surface area contributed by atoms with Gasteiger partial charge in [0.2, 0.25) is 0 Å². The number of benzene rings is 2. The molecule has 0 saturated heterocycles. The van der Waals surface area contributed by atoms with Crippen molar-refractivity contribution in [2.24, 2.45) is 0 Å². The van der Waals surface area contributed by atoms with E-state index in [-0.39, 0.29) is 23.3 Å². The first-order chi connectivity index (χ1) is 14.4. The Bertz CT molecular complexity index is 881. The van der Waals surface area contributed by atoms with Crippen molar-refractivity contribution in [3.63, 3.8) is 0 Å². The van der Waals surface area contributed by atoms with E-state index in [0.717, 1.165) is 6.07 Å². The van der Waals surface area contributed by atoms with Crippen molar-refractivity contribution >= 4 is 0 Å². The molecule has 11 heteroatoms. The molecule has 1 aliphatic heterocycles. The van der Waals surface area contributed by atoms with E-state index >= 15 is 0 Å². The molecule has 0 amide bonds. The van der Waals surface area contributed by atoms with Gasteiger partial charge in [-0.3, -0.25) is 0 Å². The first-order valence-electron chi connectivity index (χ1n) is 8.80. The van der Waals surface area contributed by atoms with Crippen LogP contribution in [0.3, 0.4) is 0 Å². The molecule has 0 aromatic heterocycles. The summed E-state index contributed by atoms with van der Waals surface area (Å²) in [7, 11) is 2.83. The van der Waals surface area contributed by atoms with E-state index < -0.39 is 31.2 Å². The zero-order valence-electron chi connectivity index (χ0n) is 16.4. The summed E-state index contributed by atoms with van der Waals surface area (Å²) in [6.45, 7) is -0.615. The lowest BCUT2D eigenvalue weighted by Crippen LogP contribution is -2.21. The Hall–Kier alpha value is -2.50. The summed E-state index contributed by atoms with van der Waals surface area (Å²) in [5.74, 6) is 0.863. The average molecular weight is 454 g/mol. The monoisotopic (exact) mass is 454 g/mol. The number of halogens is 6. The van der Waals surface area contributed by atoms with Crippen LogP contribution in [0.4, 0.5) is 26.3 Å². The maximum Gasteiger partial charge on any atom is 0.418 e. The lowest BCUT2D eigenvalue weighted by molar-refractivity contribution is -0.219. The number of hydrogen-bond donors (Lipinski definition) is 2. The second-order valence-electron chi connectivity index (χ2n) is 6.46. The van der Waals surface area contributed by atoms with Crippen molar-refractivity contribution in [3.8, 4) is 11.5 Å². The van der Waals surface area contributed by atoms with Gasteiger partial charge in [-0.15, -0.1) is 0 Å². The van der Waals surface area contributed by atoms with E-state index in [0.29, 0.717) is 17.1 Å². The molecule has 1 aliphatic rings. The van der Waals surface area contributed by atoms with Gasteiger partial charge in [0.05, 0.1) is 27.4 Å². The van der Waals surface area contributed by atoms with Gasteiger partial charge in [-0.1, -0.05) is 12.1 Å². The molecular formula is C20H20F6O5. The van der Waals surface area contributed by atoms with E-state index in [9.17, 15) is 26.3 Å². The lowest BCUT2D eigenvalue weighted by Gasteiger charge is -2.18. The first-order valence-corrected chi connectivity index (χ1v) is 8.80. The molecule has 1 heterocycles. The number of ether oxygens (including phenoxy) is 3. The summed E-state index contributed by atoms with van der Waals surface area (Å²) in [5.41, 5.74) is 0.347. The molecule has 2 N–H and O–H groups in total. The van der Waals surface area contributed by atoms with E-state index in [1.165, 1.54) is 38.5 Å². The molecule has 0 saturated carbocycles. The normalized spacial score (nSPS) is 16.8. The maximum absolute atomic E-state index is 12.5. The predicted octanol–water partition coefficient (Wildman–Crippen LogP) is 4.61. The van der Waals surface area contributed by atoms with Gasteiger partial charge >= 0.3 is 12.4 Å².